The number of nitrogens with zero attached hydrogens (tertiary/aromatic N) is 1. The highest BCUT2D eigenvalue weighted by Gasteiger charge is 2.51. The van der Waals surface area contributed by atoms with Gasteiger partial charge < -0.3 is 5.32 Å². The summed E-state index contributed by atoms with van der Waals surface area (Å²) >= 11 is 1.61. The summed E-state index contributed by atoms with van der Waals surface area (Å²) in [6.07, 6.45) is 7.23. The molecule has 2 atom stereocenters. The van der Waals surface area contributed by atoms with Crippen LogP contribution < -0.4 is 10.6 Å². The fraction of sp³-hybridized carbons (Fsp3) is 0.500. The number of allylic oxidation sites excluding steroid dienone is 1. The Morgan fingerprint density at radius 3 is 2.61 bits per heavy atom. The van der Waals surface area contributed by atoms with E-state index in [1.165, 1.54) is 23.3 Å². The van der Waals surface area contributed by atoms with Gasteiger partial charge in [0.15, 0.2) is 0 Å². The highest BCUT2D eigenvalue weighted by Crippen LogP contribution is 2.59. The smallest absolute Gasteiger partial charge is 0.320 e. The lowest BCUT2D eigenvalue weighted by Crippen LogP contribution is -2.51. The van der Waals surface area contributed by atoms with Crippen molar-refractivity contribution < 1.29 is 4.79 Å². The highest BCUT2D eigenvalue weighted by atomic mass is 32.1. The molecule has 3 aliphatic carbocycles. The van der Waals surface area contributed by atoms with Crippen molar-refractivity contribution in [3.8, 4) is 10.4 Å². The van der Waals surface area contributed by atoms with Crippen molar-refractivity contribution in [2.24, 2.45) is 17.3 Å². The number of likely N-dealkylation sites (tertiary alicyclic amines) is 1. The van der Waals surface area contributed by atoms with Crippen molar-refractivity contribution in [1.29, 1.82) is 0 Å². The molecule has 2 amide bonds. The molecule has 2 heterocycles. The molecule has 4 aliphatic rings. The van der Waals surface area contributed by atoms with E-state index in [0.29, 0.717) is 5.41 Å². The monoisotopic (exact) mass is 435 g/mol. The van der Waals surface area contributed by atoms with Crippen molar-refractivity contribution in [3.05, 3.63) is 54.1 Å². The van der Waals surface area contributed by atoms with E-state index in [1.807, 2.05) is 24.3 Å². The van der Waals surface area contributed by atoms with Crippen LogP contribution in [0.15, 0.2) is 54.1 Å². The molecule has 5 heteroatoms. The van der Waals surface area contributed by atoms with Gasteiger partial charge in [0.1, 0.15) is 0 Å². The van der Waals surface area contributed by atoms with E-state index < -0.39 is 0 Å². The van der Waals surface area contributed by atoms with Gasteiger partial charge in [0.25, 0.3) is 0 Å². The summed E-state index contributed by atoms with van der Waals surface area (Å²) in [4.78, 5) is 16.3. The lowest BCUT2D eigenvalue weighted by atomic mass is 9.49. The van der Waals surface area contributed by atoms with E-state index in [-0.39, 0.29) is 12.1 Å². The van der Waals surface area contributed by atoms with Crippen molar-refractivity contribution in [2.45, 2.75) is 45.6 Å². The molecule has 2 fully saturated rings. The van der Waals surface area contributed by atoms with Gasteiger partial charge in [-0.2, -0.15) is 0 Å². The molecule has 1 aromatic heterocycles. The van der Waals surface area contributed by atoms with Crippen LogP contribution in [0.1, 0.15) is 39.5 Å². The van der Waals surface area contributed by atoms with Crippen LogP contribution >= 0.6 is 11.3 Å². The number of rotatable bonds is 5. The minimum atomic E-state index is -0.0860. The van der Waals surface area contributed by atoms with Crippen LogP contribution in [-0.2, 0) is 0 Å². The van der Waals surface area contributed by atoms with Crippen molar-refractivity contribution >= 4 is 22.4 Å². The zero-order valence-electron chi connectivity index (χ0n) is 18.6. The summed E-state index contributed by atoms with van der Waals surface area (Å²) in [6, 6.07) is 14.5. The fourth-order valence-electron chi connectivity index (χ4n) is 5.65. The Labute approximate surface area is 189 Å². The first-order valence-corrected chi connectivity index (χ1v) is 12.4. The maximum atomic E-state index is 12.5. The number of amides is 2. The van der Waals surface area contributed by atoms with Crippen molar-refractivity contribution in [3.63, 3.8) is 0 Å². The molecular formula is C26H33N3OS. The minimum absolute atomic E-state index is 0.0860. The topological polar surface area (TPSA) is 44.4 Å². The standard InChI is InChI=1S/C26H33N3OS/c1-26(2)20-9-8-19(22(26)16-20)17-29-14-12-21(13-15-29)27-25(30)28-24-11-10-23(31-24)18-6-4-3-5-7-18/h3-8,10-11,20-22H,9,12-17H2,1-2H3,(H2,27,28,30)/t20-,22+/m0/s1. The van der Waals surface area contributed by atoms with Gasteiger partial charge in [-0.15, -0.1) is 11.3 Å². The molecule has 4 nitrogen and oxygen atoms in total. The molecule has 2 aromatic rings. The number of hydrogen-bond acceptors (Lipinski definition) is 3. The van der Waals surface area contributed by atoms with Gasteiger partial charge in [-0.1, -0.05) is 55.8 Å². The molecule has 1 aromatic carbocycles. The number of piperidine rings is 1. The number of fused-ring (bicyclic) bond motifs is 1. The predicted molar refractivity (Wildman–Crippen MR) is 129 cm³/mol. The minimum Gasteiger partial charge on any atom is -0.335 e. The summed E-state index contributed by atoms with van der Waals surface area (Å²) in [5.74, 6) is 1.70. The van der Waals surface area contributed by atoms with Crippen molar-refractivity contribution in [1.82, 2.24) is 10.2 Å². The Bertz CT molecular complexity index is 956. The summed E-state index contributed by atoms with van der Waals surface area (Å²) in [6.45, 7) is 8.15. The average molecular weight is 436 g/mol. The Kier molecular flexibility index (Phi) is 5.65. The molecule has 0 unspecified atom stereocenters. The van der Waals surface area contributed by atoms with E-state index in [2.05, 4.69) is 53.7 Å². The van der Waals surface area contributed by atoms with Gasteiger partial charge in [-0.3, -0.25) is 10.2 Å². The zero-order valence-corrected chi connectivity index (χ0v) is 19.4. The van der Waals surface area contributed by atoms with Crippen LogP contribution in [0.5, 0.6) is 0 Å². The average Bonchev–Trinajstić information content (AvgIpc) is 3.24. The molecule has 1 saturated heterocycles. The van der Waals surface area contributed by atoms with E-state index in [1.54, 1.807) is 16.9 Å². The number of benzene rings is 1. The number of nitrogens with one attached hydrogen (secondary N) is 2. The number of carbonyl (C=O) groups excluding carboxylic acids is 1. The highest BCUT2D eigenvalue weighted by molar-refractivity contribution is 7.19. The second-order valence-electron chi connectivity index (χ2n) is 10.0. The van der Waals surface area contributed by atoms with E-state index >= 15 is 0 Å². The second kappa shape index (κ2) is 8.44. The third-order valence-corrected chi connectivity index (χ3v) is 8.86. The SMILES string of the molecule is CC1(C)[C@H]2CC=C(CN3CCC(NC(=O)Nc4ccc(-c5ccccc5)s4)CC3)[C@H]1C2. The lowest BCUT2D eigenvalue weighted by Gasteiger charge is -2.57. The number of carbonyl (C=O) groups is 1. The van der Waals surface area contributed by atoms with Gasteiger partial charge in [0.2, 0.25) is 0 Å². The fourth-order valence-corrected chi connectivity index (χ4v) is 6.55. The Morgan fingerprint density at radius 1 is 1.13 bits per heavy atom. The molecule has 1 aliphatic heterocycles. The molecule has 2 bridgehead atoms. The summed E-state index contributed by atoms with van der Waals surface area (Å²) < 4.78 is 0. The number of hydrogen-bond donors (Lipinski definition) is 2. The number of thiophene rings is 1. The summed E-state index contributed by atoms with van der Waals surface area (Å²) in [7, 11) is 0. The van der Waals surface area contributed by atoms with Crippen molar-refractivity contribution in [2.75, 3.05) is 25.0 Å². The largest absolute Gasteiger partial charge is 0.335 e. The zero-order chi connectivity index (χ0) is 21.4. The maximum Gasteiger partial charge on any atom is 0.320 e. The molecule has 31 heavy (non-hydrogen) atoms. The molecule has 2 N–H and O–H groups in total. The first-order chi connectivity index (χ1) is 15.0. The van der Waals surface area contributed by atoms with Gasteiger partial charge in [-0.05, 0) is 60.6 Å². The van der Waals surface area contributed by atoms with Crippen LogP contribution in [0.2, 0.25) is 0 Å². The van der Waals surface area contributed by atoms with Crippen LogP contribution in [0.4, 0.5) is 9.80 Å². The molecule has 0 spiro atoms. The van der Waals surface area contributed by atoms with Crippen LogP contribution in [-0.4, -0.2) is 36.6 Å². The Morgan fingerprint density at radius 2 is 1.90 bits per heavy atom. The molecule has 6 rings (SSSR count). The Balaban J connectivity index is 1.08. The molecular weight excluding hydrogens is 402 g/mol. The molecule has 1 saturated carbocycles. The first kappa shape index (κ1) is 20.8. The van der Waals surface area contributed by atoms with E-state index in [9.17, 15) is 4.79 Å². The third-order valence-electron chi connectivity index (χ3n) is 7.81. The Hall–Kier alpha value is -2.11. The lowest BCUT2D eigenvalue weighted by molar-refractivity contribution is -0.0113. The van der Waals surface area contributed by atoms with Gasteiger partial charge in [-0.25, -0.2) is 4.79 Å². The first-order valence-electron chi connectivity index (χ1n) is 11.6. The number of anilines is 1. The normalized spacial score (nSPS) is 25.4. The second-order valence-corrected chi connectivity index (χ2v) is 11.1. The molecule has 0 radical (unpaired) electrons. The van der Waals surface area contributed by atoms with Crippen LogP contribution in [0, 0.1) is 17.3 Å². The molecule has 164 valence electrons. The quantitative estimate of drug-likeness (QED) is 0.566. The van der Waals surface area contributed by atoms with Gasteiger partial charge >= 0.3 is 6.03 Å². The number of urea groups is 1. The van der Waals surface area contributed by atoms with Gasteiger partial charge in [0.05, 0.1) is 5.00 Å². The summed E-state index contributed by atoms with van der Waals surface area (Å²) in [5, 5.41) is 7.10. The van der Waals surface area contributed by atoms with E-state index in [0.717, 1.165) is 49.3 Å². The maximum absolute atomic E-state index is 12.5. The van der Waals surface area contributed by atoms with Crippen LogP contribution in [0.3, 0.4) is 0 Å². The third kappa shape index (κ3) is 4.31. The van der Waals surface area contributed by atoms with Gasteiger partial charge in [0, 0.05) is 30.6 Å². The predicted octanol–water partition coefficient (Wildman–Crippen LogP) is 5.99. The van der Waals surface area contributed by atoms with Crippen LogP contribution in [0.25, 0.3) is 10.4 Å². The van der Waals surface area contributed by atoms with E-state index in [4.69, 9.17) is 0 Å². The summed E-state index contributed by atoms with van der Waals surface area (Å²) in [5.41, 5.74) is 3.36.